The van der Waals surface area contributed by atoms with E-state index in [-0.39, 0.29) is 16.5 Å². The third-order valence-corrected chi connectivity index (χ3v) is 9.69. The van der Waals surface area contributed by atoms with Crippen molar-refractivity contribution in [3.8, 4) is 16.9 Å². The van der Waals surface area contributed by atoms with Gasteiger partial charge in [0.05, 0.1) is 10.4 Å². The average molecular weight is 631 g/mol. The second kappa shape index (κ2) is 14.0. The quantitative estimate of drug-likeness (QED) is 0.256. The topological polar surface area (TPSA) is 112 Å². The molecular formula is C35H42N4O5S. The van der Waals surface area contributed by atoms with E-state index in [2.05, 4.69) is 66.6 Å². The van der Waals surface area contributed by atoms with Gasteiger partial charge in [-0.1, -0.05) is 55.0 Å². The highest BCUT2D eigenvalue weighted by Gasteiger charge is 2.37. The van der Waals surface area contributed by atoms with Gasteiger partial charge in [0.2, 0.25) is 0 Å². The molecule has 2 aliphatic rings. The molecule has 10 heteroatoms. The summed E-state index contributed by atoms with van der Waals surface area (Å²) >= 11 is 0. The van der Waals surface area contributed by atoms with E-state index in [1.807, 2.05) is 29.0 Å². The number of rotatable bonds is 5. The number of benzene rings is 3. The van der Waals surface area contributed by atoms with Crippen molar-refractivity contribution in [3.63, 3.8) is 0 Å². The maximum atomic E-state index is 12.9. The molecule has 6 rings (SSSR count). The molecule has 0 unspecified atom stereocenters. The average Bonchev–Trinajstić information content (AvgIpc) is 3.06. The van der Waals surface area contributed by atoms with Crippen LogP contribution in [0.1, 0.15) is 37.3 Å². The minimum Gasteiger partial charge on any atom is -0.487 e. The van der Waals surface area contributed by atoms with Crippen molar-refractivity contribution in [2.45, 2.75) is 50.5 Å². The number of piperidine rings is 1. The monoisotopic (exact) mass is 630 g/mol. The third kappa shape index (κ3) is 7.81. The highest BCUT2D eigenvalue weighted by atomic mass is 32.2. The number of urea groups is 1. The number of nitrogens with zero attached hydrogens (tertiary/aromatic N) is 3. The first-order chi connectivity index (χ1) is 21.6. The molecule has 45 heavy (non-hydrogen) atoms. The summed E-state index contributed by atoms with van der Waals surface area (Å²) in [4.78, 5) is 21.3. The highest BCUT2D eigenvalue weighted by molar-refractivity contribution is 7.85. The zero-order valence-electron chi connectivity index (χ0n) is 26.2. The van der Waals surface area contributed by atoms with Crippen molar-refractivity contribution in [1.82, 2.24) is 20.1 Å². The lowest BCUT2D eigenvalue weighted by Crippen LogP contribution is -2.56. The summed E-state index contributed by atoms with van der Waals surface area (Å²) in [5.41, 5.74) is 5.34. The molecule has 3 heterocycles. The first kappa shape index (κ1) is 32.4. The molecule has 0 atom stereocenters. The molecule has 1 aromatic heterocycles. The van der Waals surface area contributed by atoms with Gasteiger partial charge in [0, 0.05) is 63.7 Å². The van der Waals surface area contributed by atoms with Gasteiger partial charge >= 0.3 is 6.03 Å². The van der Waals surface area contributed by atoms with Crippen LogP contribution >= 0.6 is 0 Å². The van der Waals surface area contributed by atoms with Crippen LogP contribution < -0.4 is 10.1 Å². The number of piperazine rings is 1. The number of fused-ring (bicyclic) bond motifs is 1. The van der Waals surface area contributed by atoms with Gasteiger partial charge < -0.3 is 19.9 Å². The zero-order chi connectivity index (χ0) is 32.0. The number of pyridine rings is 1. The Bertz CT molecular complexity index is 1710. The minimum atomic E-state index is -4.02. The Kier molecular flexibility index (Phi) is 10.1. The van der Waals surface area contributed by atoms with Crippen LogP contribution in [0.5, 0.6) is 5.75 Å². The van der Waals surface area contributed by atoms with Crippen LogP contribution in [0, 0.1) is 13.8 Å². The van der Waals surface area contributed by atoms with Gasteiger partial charge in [0.25, 0.3) is 10.1 Å². The Labute approximate surface area is 266 Å². The lowest BCUT2D eigenvalue weighted by Gasteiger charge is -2.43. The van der Waals surface area contributed by atoms with Crippen LogP contribution in [-0.4, -0.2) is 78.7 Å². The van der Waals surface area contributed by atoms with Gasteiger partial charge in [-0.15, -0.1) is 0 Å². The molecule has 2 N–H and O–H groups in total. The predicted octanol–water partition coefficient (Wildman–Crippen LogP) is 6.10. The molecule has 9 nitrogen and oxygen atoms in total. The number of carbonyl (C=O) groups is 1. The number of aryl methyl sites for hydroxylation is 2. The summed E-state index contributed by atoms with van der Waals surface area (Å²) in [5, 5.41) is 4.47. The molecule has 4 aromatic rings. The number of nitrogens with one attached hydrogen (secondary N) is 1. The van der Waals surface area contributed by atoms with Crippen molar-refractivity contribution in [3.05, 3.63) is 90.1 Å². The number of hydrogen-bond acceptors (Lipinski definition) is 6. The van der Waals surface area contributed by atoms with E-state index in [0.29, 0.717) is 0 Å². The lowest BCUT2D eigenvalue weighted by molar-refractivity contribution is 0.00372. The van der Waals surface area contributed by atoms with E-state index in [0.717, 1.165) is 80.7 Å². The fourth-order valence-corrected chi connectivity index (χ4v) is 6.44. The molecule has 2 amide bonds. The maximum absolute atomic E-state index is 12.9. The Hall–Kier alpha value is -3.99. The van der Waals surface area contributed by atoms with Crippen LogP contribution in [0.2, 0.25) is 0 Å². The molecular weight excluding hydrogens is 588 g/mol. The minimum absolute atomic E-state index is 0.0666. The number of likely N-dealkylation sites (tertiary alicyclic amines) is 1. The van der Waals surface area contributed by atoms with Crippen molar-refractivity contribution < 1.29 is 22.5 Å². The van der Waals surface area contributed by atoms with E-state index >= 15 is 0 Å². The second-order valence-corrected chi connectivity index (χ2v) is 13.2. The Morgan fingerprint density at radius 1 is 0.911 bits per heavy atom. The molecule has 2 aliphatic heterocycles. The van der Waals surface area contributed by atoms with Crippen LogP contribution in [-0.2, 0) is 10.1 Å². The van der Waals surface area contributed by atoms with Gasteiger partial charge in [0.1, 0.15) is 11.4 Å². The Balaban J connectivity index is 0.000000309. The molecule has 0 bridgehead atoms. The van der Waals surface area contributed by atoms with Gasteiger partial charge in [-0.2, -0.15) is 8.42 Å². The van der Waals surface area contributed by atoms with Crippen LogP contribution in [0.15, 0.2) is 83.9 Å². The molecule has 0 aliphatic carbocycles. The number of carbonyl (C=O) groups excluding carboxylic acids is 1. The van der Waals surface area contributed by atoms with Gasteiger partial charge in [0.15, 0.2) is 0 Å². The lowest BCUT2D eigenvalue weighted by atomic mass is 9.88. The molecule has 3 aromatic carbocycles. The standard InChI is InChI=1S/C28H34N4O2.C7H8O3S/c1-3-28(12-17-31(18-13-28)27(33)32-19-15-29-16-20-32)34-24-9-6-22(7-10-24)25-11-8-23-5-4-14-30-26(23)21(25)2;1-6-2-4-7(5-3-6)11(8,9)10/h4-11,14,29H,3,12-13,15-20H2,1-2H3;2-5H,1H3,(H,8,9,10). The normalized spacial score (nSPS) is 16.5. The summed E-state index contributed by atoms with van der Waals surface area (Å²) in [6, 6.07) is 23.0. The molecule has 0 radical (unpaired) electrons. The van der Waals surface area contributed by atoms with Crippen molar-refractivity contribution in [2.75, 3.05) is 39.3 Å². The second-order valence-electron chi connectivity index (χ2n) is 11.8. The van der Waals surface area contributed by atoms with Crippen LogP contribution in [0.4, 0.5) is 4.79 Å². The van der Waals surface area contributed by atoms with E-state index in [1.54, 1.807) is 12.1 Å². The smallest absolute Gasteiger partial charge is 0.320 e. The number of aromatic nitrogens is 1. The predicted molar refractivity (Wildman–Crippen MR) is 177 cm³/mol. The third-order valence-electron chi connectivity index (χ3n) is 8.82. The van der Waals surface area contributed by atoms with Crippen LogP contribution in [0.25, 0.3) is 22.0 Å². The number of amides is 2. The Morgan fingerprint density at radius 2 is 1.56 bits per heavy atom. The van der Waals surface area contributed by atoms with Crippen molar-refractivity contribution >= 4 is 27.1 Å². The molecule has 0 saturated carbocycles. The van der Waals surface area contributed by atoms with E-state index < -0.39 is 10.1 Å². The fourth-order valence-electron chi connectivity index (χ4n) is 5.96. The highest BCUT2D eigenvalue weighted by Crippen LogP contribution is 2.34. The van der Waals surface area contributed by atoms with E-state index in [1.165, 1.54) is 28.8 Å². The van der Waals surface area contributed by atoms with Gasteiger partial charge in [-0.3, -0.25) is 9.54 Å². The van der Waals surface area contributed by atoms with Gasteiger partial charge in [-0.05, 0) is 67.3 Å². The summed E-state index contributed by atoms with van der Waals surface area (Å²) in [5.74, 6) is 0.893. The SMILES string of the molecule is CCC1(Oc2ccc(-c3ccc4cccnc4c3C)cc2)CCN(C(=O)N2CCNCC2)CC1.Cc1ccc(S(=O)(=O)O)cc1. The van der Waals surface area contributed by atoms with Crippen molar-refractivity contribution in [2.24, 2.45) is 0 Å². The zero-order valence-corrected chi connectivity index (χ0v) is 27.0. The molecule has 0 spiro atoms. The Morgan fingerprint density at radius 3 is 2.18 bits per heavy atom. The summed E-state index contributed by atoms with van der Waals surface area (Å²) < 4.78 is 36.1. The molecule has 238 valence electrons. The number of ether oxygens (including phenoxy) is 1. The largest absolute Gasteiger partial charge is 0.487 e. The number of hydrogen-bond donors (Lipinski definition) is 2. The maximum Gasteiger partial charge on any atom is 0.320 e. The summed E-state index contributed by atoms with van der Waals surface area (Å²) in [6.07, 6.45) is 4.50. The van der Waals surface area contributed by atoms with Crippen molar-refractivity contribution in [1.29, 1.82) is 0 Å². The van der Waals surface area contributed by atoms with E-state index in [4.69, 9.17) is 9.29 Å². The summed E-state index contributed by atoms with van der Waals surface area (Å²) in [6.45, 7) is 11.0. The molecule has 2 fully saturated rings. The summed E-state index contributed by atoms with van der Waals surface area (Å²) in [7, 11) is -4.02. The fraction of sp³-hybridized carbons (Fsp3) is 0.371. The molecule has 2 saturated heterocycles. The first-order valence-electron chi connectivity index (χ1n) is 15.5. The van der Waals surface area contributed by atoms with Crippen LogP contribution in [0.3, 0.4) is 0 Å². The van der Waals surface area contributed by atoms with E-state index in [9.17, 15) is 13.2 Å². The van der Waals surface area contributed by atoms with Gasteiger partial charge in [-0.25, -0.2) is 4.79 Å². The first-order valence-corrected chi connectivity index (χ1v) is 17.0.